The molecular weight excluding hydrogens is 424 g/mol. The third-order valence-electron chi connectivity index (χ3n) is 4.23. The number of oxime groups is 1. The third kappa shape index (κ3) is 5.07. The molecule has 10 heteroatoms. The number of hydrogen-bond donors (Lipinski definition) is 2. The van der Waals surface area contributed by atoms with E-state index in [1.165, 1.54) is 24.2 Å². The maximum atomic E-state index is 12.9. The summed E-state index contributed by atoms with van der Waals surface area (Å²) in [6, 6.07) is 11.2. The van der Waals surface area contributed by atoms with Crippen molar-refractivity contribution in [2.24, 2.45) is 5.16 Å². The summed E-state index contributed by atoms with van der Waals surface area (Å²) < 4.78 is 5.18. The number of aliphatic hydroxyl groups is 1. The number of benzene rings is 1. The van der Waals surface area contributed by atoms with Gasteiger partial charge in [0.1, 0.15) is 12.1 Å². The average molecular weight is 446 g/mol. The molecule has 2 heterocycles. The van der Waals surface area contributed by atoms with Crippen LogP contribution in [0.25, 0.3) is 10.3 Å². The lowest BCUT2D eigenvalue weighted by Crippen LogP contribution is -2.24. The fourth-order valence-corrected chi connectivity index (χ4v) is 4.52. The van der Waals surface area contributed by atoms with Gasteiger partial charge in [0.05, 0.1) is 19.8 Å². The van der Waals surface area contributed by atoms with Gasteiger partial charge in [-0.2, -0.15) is 4.98 Å². The van der Waals surface area contributed by atoms with E-state index in [-0.39, 0.29) is 18.9 Å². The number of carbonyl (C=O) groups excluding carboxylic acids is 1. The van der Waals surface area contributed by atoms with E-state index >= 15 is 0 Å². The quantitative estimate of drug-likeness (QED) is 0.298. The number of aromatic nitrogens is 2. The Morgan fingerprint density at radius 3 is 2.83 bits per heavy atom. The maximum absolute atomic E-state index is 12.9. The summed E-state index contributed by atoms with van der Waals surface area (Å²) in [6.45, 7) is -0.187. The van der Waals surface area contributed by atoms with Crippen LogP contribution in [0.5, 0.6) is 5.88 Å². The van der Waals surface area contributed by atoms with Gasteiger partial charge in [0.15, 0.2) is 10.8 Å². The van der Waals surface area contributed by atoms with Gasteiger partial charge < -0.3 is 14.7 Å². The van der Waals surface area contributed by atoms with Gasteiger partial charge in [-0.3, -0.25) is 10.1 Å². The van der Waals surface area contributed by atoms with Crippen molar-refractivity contribution in [2.75, 3.05) is 25.6 Å². The Morgan fingerprint density at radius 2 is 2.13 bits per heavy atom. The number of rotatable bonds is 9. The highest BCUT2D eigenvalue weighted by atomic mass is 32.2. The van der Waals surface area contributed by atoms with E-state index in [1.807, 2.05) is 42.1 Å². The van der Waals surface area contributed by atoms with Crippen molar-refractivity contribution in [2.45, 2.75) is 23.0 Å². The topological polar surface area (TPSA) is 107 Å². The SMILES string of the molecule is COc1ccc2nc(NC(=O)/C(=N/OCCO)c3ccc(SC4CC4)cc3)sc2[nH+]1. The zero-order valence-corrected chi connectivity index (χ0v) is 17.9. The van der Waals surface area contributed by atoms with Crippen LogP contribution in [0, 0.1) is 0 Å². The number of thioether (sulfide) groups is 1. The molecule has 3 aromatic rings. The Bertz CT molecular complexity index is 1060. The van der Waals surface area contributed by atoms with Crippen LogP contribution in [0.3, 0.4) is 0 Å². The summed E-state index contributed by atoms with van der Waals surface area (Å²) in [5.74, 6) is 0.161. The molecule has 1 fully saturated rings. The zero-order valence-electron chi connectivity index (χ0n) is 16.3. The molecule has 0 unspecified atom stereocenters. The monoisotopic (exact) mass is 445 g/mol. The Labute approximate surface area is 181 Å². The molecule has 1 amide bonds. The van der Waals surface area contributed by atoms with Crippen LogP contribution in [-0.2, 0) is 9.63 Å². The molecule has 4 rings (SSSR count). The normalized spacial score (nSPS) is 14.0. The molecule has 2 aromatic heterocycles. The summed E-state index contributed by atoms with van der Waals surface area (Å²) in [6.07, 6.45) is 2.50. The smallest absolute Gasteiger partial charge is 0.367 e. The maximum Gasteiger partial charge on any atom is 0.367 e. The van der Waals surface area contributed by atoms with Crippen molar-refractivity contribution >= 4 is 50.2 Å². The fourth-order valence-electron chi connectivity index (χ4n) is 2.62. The van der Waals surface area contributed by atoms with Crippen LogP contribution >= 0.6 is 23.1 Å². The fraction of sp³-hybridized carbons (Fsp3) is 0.300. The number of carbonyl (C=O) groups is 1. The first-order valence-corrected chi connectivity index (χ1v) is 11.1. The van der Waals surface area contributed by atoms with Crippen LogP contribution in [0.4, 0.5) is 5.13 Å². The number of hydrogen-bond acceptors (Lipinski definition) is 8. The van der Waals surface area contributed by atoms with Gasteiger partial charge in [0, 0.05) is 15.7 Å². The molecule has 8 nitrogen and oxygen atoms in total. The number of H-pyrrole nitrogens is 1. The van der Waals surface area contributed by atoms with E-state index in [4.69, 9.17) is 14.7 Å². The van der Waals surface area contributed by atoms with Gasteiger partial charge in [0.2, 0.25) is 0 Å². The highest BCUT2D eigenvalue weighted by Gasteiger charge is 2.23. The van der Waals surface area contributed by atoms with E-state index in [9.17, 15) is 4.79 Å². The van der Waals surface area contributed by atoms with Gasteiger partial charge in [-0.15, -0.1) is 11.8 Å². The first-order valence-electron chi connectivity index (χ1n) is 9.42. The number of aliphatic hydroxyl groups excluding tert-OH is 1. The van der Waals surface area contributed by atoms with Crippen molar-refractivity contribution < 1.29 is 24.5 Å². The number of methoxy groups -OCH3 is 1. The molecule has 1 aliphatic carbocycles. The molecule has 0 radical (unpaired) electrons. The second-order valence-electron chi connectivity index (χ2n) is 6.55. The van der Waals surface area contributed by atoms with Crippen LogP contribution in [0.2, 0.25) is 0 Å². The van der Waals surface area contributed by atoms with Crippen molar-refractivity contribution in [3.8, 4) is 5.88 Å². The molecule has 1 aromatic carbocycles. The predicted molar refractivity (Wildman–Crippen MR) is 116 cm³/mol. The van der Waals surface area contributed by atoms with Gasteiger partial charge in [-0.25, -0.2) is 4.98 Å². The van der Waals surface area contributed by atoms with Crippen LogP contribution < -0.4 is 15.0 Å². The largest absolute Gasteiger partial charge is 0.448 e. The summed E-state index contributed by atoms with van der Waals surface area (Å²) in [5, 5.41) is 16.8. The number of nitrogens with one attached hydrogen (secondary N) is 2. The van der Waals surface area contributed by atoms with E-state index in [0.29, 0.717) is 27.3 Å². The number of anilines is 1. The number of pyridine rings is 1. The lowest BCUT2D eigenvalue weighted by Gasteiger charge is -2.07. The molecule has 0 atom stereocenters. The summed E-state index contributed by atoms with van der Waals surface area (Å²) in [5.41, 5.74) is 1.46. The molecule has 0 aliphatic heterocycles. The molecule has 1 saturated carbocycles. The van der Waals surface area contributed by atoms with Crippen molar-refractivity contribution in [3.63, 3.8) is 0 Å². The Balaban J connectivity index is 1.53. The highest BCUT2D eigenvalue weighted by Crippen LogP contribution is 2.39. The number of nitrogens with zero attached hydrogens (tertiary/aromatic N) is 2. The minimum Gasteiger partial charge on any atom is -0.448 e. The summed E-state index contributed by atoms with van der Waals surface area (Å²) in [4.78, 5) is 27.5. The Kier molecular flexibility index (Phi) is 6.46. The minimum atomic E-state index is -0.443. The van der Waals surface area contributed by atoms with E-state index in [1.54, 1.807) is 13.2 Å². The average Bonchev–Trinajstić information content (AvgIpc) is 3.48. The first kappa shape index (κ1) is 20.6. The van der Waals surface area contributed by atoms with Crippen LogP contribution in [0.15, 0.2) is 46.4 Å². The van der Waals surface area contributed by atoms with Crippen molar-refractivity contribution in [1.82, 2.24) is 4.98 Å². The molecule has 1 aliphatic rings. The molecule has 30 heavy (non-hydrogen) atoms. The van der Waals surface area contributed by atoms with Crippen molar-refractivity contribution in [1.29, 1.82) is 0 Å². The number of aromatic amines is 1. The molecule has 0 saturated heterocycles. The third-order valence-corrected chi connectivity index (χ3v) is 6.48. The number of thiazole rings is 1. The molecule has 3 N–H and O–H groups in total. The van der Waals surface area contributed by atoms with Crippen LogP contribution in [-0.4, -0.2) is 47.3 Å². The first-order chi connectivity index (χ1) is 14.7. The zero-order chi connectivity index (χ0) is 20.9. The van der Waals surface area contributed by atoms with E-state index in [2.05, 4.69) is 20.4 Å². The molecule has 156 valence electrons. The van der Waals surface area contributed by atoms with Gasteiger partial charge >= 0.3 is 5.88 Å². The second kappa shape index (κ2) is 9.41. The molecule has 0 bridgehead atoms. The minimum absolute atomic E-state index is 0.00227. The van der Waals surface area contributed by atoms with Gasteiger partial charge in [-0.05, 0) is 42.4 Å². The van der Waals surface area contributed by atoms with Crippen LogP contribution in [0.1, 0.15) is 18.4 Å². The Morgan fingerprint density at radius 1 is 1.33 bits per heavy atom. The van der Waals surface area contributed by atoms with E-state index in [0.717, 1.165) is 9.73 Å². The highest BCUT2D eigenvalue weighted by molar-refractivity contribution is 8.00. The predicted octanol–water partition coefficient (Wildman–Crippen LogP) is 2.73. The molecular formula is C20H21N4O4S2+. The Hall–Kier alpha value is -2.69. The van der Waals surface area contributed by atoms with Gasteiger partial charge in [0.25, 0.3) is 10.7 Å². The van der Waals surface area contributed by atoms with Crippen molar-refractivity contribution in [3.05, 3.63) is 42.0 Å². The number of fused-ring (bicyclic) bond motifs is 1. The lowest BCUT2D eigenvalue weighted by molar-refractivity contribution is -0.358. The summed E-state index contributed by atoms with van der Waals surface area (Å²) >= 11 is 3.14. The number of ether oxygens (including phenoxy) is 1. The number of amides is 1. The second-order valence-corrected chi connectivity index (χ2v) is 8.93. The standard InChI is InChI=1S/C20H20N4O4S2/c1-27-16-9-8-15-19(22-16)30-20(21-15)23-18(26)17(24-28-11-10-25)12-2-4-13(5-3-12)29-14-6-7-14/h2-5,8-9,14,25H,6-7,10-11H2,1H3,(H,21,23,26)/p+1/b24-17+. The van der Waals surface area contributed by atoms with E-state index < -0.39 is 5.91 Å². The lowest BCUT2D eigenvalue weighted by atomic mass is 10.1. The van der Waals surface area contributed by atoms with Gasteiger partial charge in [-0.1, -0.05) is 17.3 Å². The summed E-state index contributed by atoms with van der Waals surface area (Å²) in [7, 11) is 1.57. The molecule has 0 spiro atoms.